The number of benzene rings is 1. The highest BCUT2D eigenvalue weighted by molar-refractivity contribution is 7.89. The molecule has 2 rings (SSSR count). The highest BCUT2D eigenvalue weighted by Gasteiger charge is 2.20. The second-order valence-electron chi connectivity index (χ2n) is 5.51. The zero-order chi connectivity index (χ0) is 18.6. The molecule has 0 aliphatic carbocycles. The van der Waals surface area contributed by atoms with Gasteiger partial charge in [-0.25, -0.2) is 13.1 Å². The van der Waals surface area contributed by atoms with Crippen LogP contribution in [-0.4, -0.2) is 32.6 Å². The summed E-state index contributed by atoms with van der Waals surface area (Å²) in [5.41, 5.74) is 1.24. The quantitative estimate of drug-likeness (QED) is 0.773. The Morgan fingerprint density at radius 1 is 1.20 bits per heavy atom. The normalized spacial score (nSPS) is 11.4. The van der Waals surface area contributed by atoms with Gasteiger partial charge in [0, 0.05) is 6.07 Å². The molecule has 0 bridgehead atoms. The van der Waals surface area contributed by atoms with Gasteiger partial charge in [0.1, 0.15) is 11.5 Å². The third-order valence-corrected chi connectivity index (χ3v) is 4.92. The first-order chi connectivity index (χ1) is 11.7. The number of hydrogen-bond acceptors (Lipinski definition) is 6. The van der Waals surface area contributed by atoms with Crippen molar-refractivity contribution in [3.05, 3.63) is 35.1 Å². The van der Waals surface area contributed by atoms with Crippen LogP contribution in [0.3, 0.4) is 0 Å². The van der Waals surface area contributed by atoms with Crippen LogP contribution in [-0.2, 0) is 14.8 Å². The van der Waals surface area contributed by atoms with Gasteiger partial charge in [-0.1, -0.05) is 5.16 Å². The fourth-order valence-corrected chi connectivity index (χ4v) is 3.51. The van der Waals surface area contributed by atoms with Crippen molar-refractivity contribution in [2.75, 3.05) is 18.5 Å². The van der Waals surface area contributed by atoms with E-state index in [1.807, 2.05) is 6.92 Å². The second-order valence-corrected chi connectivity index (χ2v) is 7.25. The molecular formula is C16H21N3O5S. The van der Waals surface area contributed by atoms with E-state index in [4.69, 9.17) is 9.26 Å². The van der Waals surface area contributed by atoms with Gasteiger partial charge < -0.3 is 14.6 Å². The Kier molecular flexibility index (Phi) is 5.81. The van der Waals surface area contributed by atoms with Crippen LogP contribution < -0.4 is 14.8 Å². The van der Waals surface area contributed by atoms with E-state index < -0.39 is 22.5 Å². The molecule has 1 aromatic carbocycles. The molecule has 0 atom stereocenters. The molecule has 136 valence electrons. The number of nitrogens with one attached hydrogen (secondary N) is 2. The van der Waals surface area contributed by atoms with Gasteiger partial charge in [0.2, 0.25) is 15.9 Å². The number of carbonyl (C=O) groups excluding carboxylic acids is 1. The van der Waals surface area contributed by atoms with Crippen molar-refractivity contribution in [2.45, 2.75) is 32.6 Å². The Morgan fingerprint density at radius 3 is 2.52 bits per heavy atom. The van der Waals surface area contributed by atoms with E-state index in [9.17, 15) is 13.2 Å². The van der Waals surface area contributed by atoms with E-state index >= 15 is 0 Å². The number of aryl methyl sites for hydroxylation is 3. The van der Waals surface area contributed by atoms with Crippen molar-refractivity contribution < 1.29 is 22.5 Å². The maximum absolute atomic E-state index is 12.5. The lowest BCUT2D eigenvalue weighted by Crippen LogP contribution is -2.33. The summed E-state index contributed by atoms with van der Waals surface area (Å²) in [6.45, 7) is 7.06. The highest BCUT2D eigenvalue weighted by atomic mass is 32.2. The standard InChI is InChI=1S/C16H21N3O5S/c1-5-23-13-6-11(3)14(7-10(13)2)25(21,22)17-9-16(20)18-15-8-12(4)24-19-15/h6-8,17H,5,9H2,1-4H3,(H,18,19,20). The topological polar surface area (TPSA) is 111 Å². The number of anilines is 1. The van der Waals surface area contributed by atoms with Crippen LogP contribution in [0.5, 0.6) is 5.75 Å². The summed E-state index contributed by atoms with van der Waals surface area (Å²) < 4.78 is 37.5. The van der Waals surface area contributed by atoms with Crippen molar-refractivity contribution in [3.63, 3.8) is 0 Å². The molecule has 0 aliphatic rings. The summed E-state index contributed by atoms with van der Waals surface area (Å²) >= 11 is 0. The fraction of sp³-hybridized carbons (Fsp3) is 0.375. The van der Waals surface area contributed by atoms with Crippen molar-refractivity contribution in [3.8, 4) is 5.75 Å². The second kappa shape index (κ2) is 7.66. The largest absolute Gasteiger partial charge is 0.494 e. The number of rotatable bonds is 7. The summed E-state index contributed by atoms with van der Waals surface area (Å²) in [5.74, 6) is 0.862. The van der Waals surface area contributed by atoms with Gasteiger partial charge in [-0.3, -0.25) is 4.79 Å². The van der Waals surface area contributed by atoms with Crippen molar-refractivity contribution in [2.24, 2.45) is 0 Å². The molecular weight excluding hydrogens is 346 g/mol. The van der Waals surface area contributed by atoms with Gasteiger partial charge in [0.05, 0.1) is 18.0 Å². The van der Waals surface area contributed by atoms with E-state index in [-0.39, 0.29) is 10.7 Å². The molecule has 0 fully saturated rings. The molecule has 0 unspecified atom stereocenters. The first kappa shape index (κ1) is 18.9. The summed E-state index contributed by atoms with van der Waals surface area (Å²) in [6, 6.07) is 4.74. The molecule has 9 heteroatoms. The summed E-state index contributed by atoms with van der Waals surface area (Å²) in [5, 5.41) is 6.06. The number of nitrogens with zero attached hydrogens (tertiary/aromatic N) is 1. The lowest BCUT2D eigenvalue weighted by Gasteiger charge is -2.13. The van der Waals surface area contributed by atoms with Crippen LogP contribution in [0.25, 0.3) is 0 Å². The molecule has 25 heavy (non-hydrogen) atoms. The minimum atomic E-state index is -3.84. The predicted molar refractivity (Wildman–Crippen MR) is 92.1 cm³/mol. The van der Waals surface area contributed by atoms with E-state index in [0.29, 0.717) is 29.2 Å². The summed E-state index contributed by atoms with van der Waals surface area (Å²) in [7, 11) is -3.84. The summed E-state index contributed by atoms with van der Waals surface area (Å²) in [4.78, 5) is 12.0. The lowest BCUT2D eigenvalue weighted by molar-refractivity contribution is -0.115. The molecule has 1 amide bonds. The highest BCUT2D eigenvalue weighted by Crippen LogP contribution is 2.25. The minimum absolute atomic E-state index is 0.110. The molecule has 2 N–H and O–H groups in total. The average Bonchev–Trinajstić information content (AvgIpc) is 2.94. The van der Waals surface area contributed by atoms with Crippen LogP contribution in [0.4, 0.5) is 5.82 Å². The van der Waals surface area contributed by atoms with E-state index in [0.717, 1.165) is 0 Å². The predicted octanol–water partition coefficient (Wildman–Crippen LogP) is 1.92. The molecule has 8 nitrogen and oxygen atoms in total. The van der Waals surface area contributed by atoms with E-state index in [2.05, 4.69) is 15.2 Å². The van der Waals surface area contributed by atoms with Gasteiger partial charge in [-0.15, -0.1) is 0 Å². The van der Waals surface area contributed by atoms with Gasteiger partial charge in [-0.2, -0.15) is 0 Å². The van der Waals surface area contributed by atoms with Crippen molar-refractivity contribution in [1.82, 2.24) is 9.88 Å². The molecule has 0 radical (unpaired) electrons. The Labute approximate surface area is 146 Å². The fourth-order valence-electron chi connectivity index (χ4n) is 2.21. The van der Waals surface area contributed by atoms with Gasteiger partial charge in [-0.05, 0) is 51.0 Å². The number of ether oxygens (including phenoxy) is 1. The number of amides is 1. The Balaban J connectivity index is 2.08. The minimum Gasteiger partial charge on any atom is -0.494 e. The van der Waals surface area contributed by atoms with Crippen molar-refractivity contribution in [1.29, 1.82) is 0 Å². The molecule has 0 saturated carbocycles. The molecule has 0 spiro atoms. The molecule has 1 heterocycles. The van der Waals surface area contributed by atoms with Gasteiger partial charge >= 0.3 is 0 Å². The average molecular weight is 367 g/mol. The van der Waals surface area contributed by atoms with Crippen LogP contribution in [0.2, 0.25) is 0 Å². The Hall–Kier alpha value is -2.39. The third-order valence-electron chi connectivity index (χ3n) is 3.38. The van der Waals surface area contributed by atoms with Crippen LogP contribution >= 0.6 is 0 Å². The summed E-state index contributed by atoms with van der Waals surface area (Å²) in [6.07, 6.45) is 0. The third kappa shape index (κ3) is 4.80. The lowest BCUT2D eigenvalue weighted by atomic mass is 10.1. The van der Waals surface area contributed by atoms with Crippen LogP contribution in [0.15, 0.2) is 27.6 Å². The van der Waals surface area contributed by atoms with E-state index in [1.165, 1.54) is 12.1 Å². The molecule has 2 aromatic rings. The smallest absolute Gasteiger partial charge is 0.241 e. The van der Waals surface area contributed by atoms with Gasteiger partial charge in [0.25, 0.3) is 0 Å². The first-order valence-electron chi connectivity index (χ1n) is 7.70. The zero-order valence-corrected chi connectivity index (χ0v) is 15.4. The van der Waals surface area contributed by atoms with Crippen LogP contribution in [0.1, 0.15) is 23.8 Å². The van der Waals surface area contributed by atoms with Crippen LogP contribution in [0, 0.1) is 20.8 Å². The number of hydrogen-bond donors (Lipinski definition) is 2. The molecule has 0 aliphatic heterocycles. The zero-order valence-electron chi connectivity index (χ0n) is 14.5. The van der Waals surface area contributed by atoms with Gasteiger partial charge in [0.15, 0.2) is 5.82 Å². The molecule has 1 aromatic heterocycles. The van der Waals surface area contributed by atoms with E-state index in [1.54, 1.807) is 26.8 Å². The Bertz CT molecular complexity index is 874. The number of aromatic nitrogens is 1. The number of carbonyl (C=O) groups is 1. The maximum atomic E-state index is 12.5. The SMILES string of the molecule is CCOc1cc(C)c(S(=O)(=O)NCC(=O)Nc2cc(C)on2)cc1C. The monoisotopic (exact) mass is 367 g/mol. The van der Waals surface area contributed by atoms with Crippen molar-refractivity contribution >= 4 is 21.7 Å². The first-order valence-corrected chi connectivity index (χ1v) is 9.18. The molecule has 0 saturated heterocycles. The number of sulfonamides is 1. The Morgan fingerprint density at radius 2 is 1.92 bits per heavy atom. The maximum Gasteiger partial charge on any atom is 0.241 e.